The predicted molar refractivity (Wildman–Crippen MR) is 54.8 cm³/mol. The van der Waals surface area contributed by atoms with E-state index in [0.717, 1.165) is 0 Å². The van der Waals surface area contributed by atoms with Crippen LogP contribution < -0.4 is 34.9 Å². The minimum atomic E-state index is -2.87. The van der Waals surface area contributed by atoms with Gasteiger partial charge in [-0.2, -0.15) is 0 Å². The average Bonchev–Trinajstić information content (AvgIpc) is 2.03. The Hall–Kier alpha value is 1.06. The second kappa shape index (κ2) is 4.72. The Balaban J connectivity index is 0.00000144. The van der Waals surface area contributed by atoms with Gasteiger partial charge in [0.05, 0.1) is 11.5 Å². The van der Waals surface area contributed by atoms with Crippen LogP contribution in [0.5, 0.6) is 0 Å². The van der Waals surface area contributed by atoms with Crippen molar-refractivity contribution in [3.8, 4) is 0 Å². The number of thiocarbonyl (C=S) groups is 1. The number of sulfone groups is 1. The predicted octanol–water partition coefficient (Wildman–Crippen LogP) is -3.01. The normalized spacial score (nSPS) is 30.5. The summed E-state index contributed by atoms with van der Waals surface area (Å²) in [6, 6.07) is 0. The molecule has 1 unspecified atom stereocenters. The number of hydrogen-bond donors (Lipinski definition) is 1. The zero-order valence-corrected chi connectivity index (χ0v) is 12.1. The Labute approximate surface area is 112 Å². The van der Waals surface area contributed by atoms with Crippen LogP contribution in [0.25, 0.3) is 0 Å². The molecule has 1 aliphatic rings. The van der Waals surface area contributed by atoms with Gasteiger partial charge in [-0.15, -0.1) is 0 Å². The van der Waals surface area contributed by atoms with Gasteiger partial charge in [0.25, 0.3) is 0 Å². The quantitative estimate of drug-likeness (QED) is 0.304. The van der Waals surface area contributed by atoms with Crippen molar-refractivity contribution in [3.63, 3.8) is 0 Å². The number of nitrogens with one attached hydrogen (secondary N) is 1. The molecule has 70 valence electrons. The summed E-state index contributed by atoms with van der Waals surface area (Å²) in [5.74, 6) is 0.366. The third-order valence-corrected chi connectivity index (χ3v) is 4.01. The molecule has 1 atom stereocenters. The fraction of sp³-hybridized carbons (Fsp3) is 0.833. The van der Waals surface area contributed by atoms with Crippen molar-refractivity contribution in [3.05, 3.63) is 0 Å². The molecule has 1 N–H and O–H groups in total. The molecule has 3 nitrogen and oxygen atoms in total. The summed E-state index contributed by atoms with van der Waals surface area (Å²) in [6.07, 6.45) is 0.589. The molecule has 1 fully saturated rings. The molecule has 7 heteroatoms. The summed E-state index contributed by atoms with van der Waals surface area (Å²) >= 11 is 9.38. The fourth-order valence-electron chi connectivity index (χ4n) is 1.36. The largest absolute Gasteiger partial charge is 1.00 e. The van der Waals surface area contributed by atoms with Crippen molar-refractivity contribution >= 4 is 39.0 Å². The van der Waals surface area contributed by atoms with E-state index in [1.807, 2.05) is 6.92 Å². The Morgan fingerprint density at radius 2 is 2.15 bits per heavy atom. The molecule has 0 aliphatic carbocycles. The van der Waals surface area contributed by atoms with E-state index in [4.69, 9.17) is 0 Å². The van der Waals surface area contributed by atoms with Gasteiger partial charge < -0.3 is 30.2 Å². The van der Waals surface area contributed by atoms with E-state index in [0.29, 0.717) is 6.42 Å². The summed E-state index contributed by atoms with van der Waals surface area (Å²) in [6.45, 7) is 1.83. The monoisotopic (exact) mass is 247 g/mol. The first-order valence-corrected chi connectivity index (χ1v) is 6.16. The van der Waals surface area contributed by atoms with Gasteiger partial charge in [0.15, 0.2) is 9.84 Å². The molecule has 0 spiro atoms. The van der Waals surface area contributed by atoms with E-state index in [1.165, 1.54) is 0 Å². The Morgan fingerprint density at radius 1 is 1.62 bits per heavy atom. The van der Waals surface area contributed by atoms with Crippen LogP contribution >= 0.6 is 12.2 Å². The molecule has 13 heavy (non-hydrogen) atoms. The maximum atomic E-state index is 11.1. The van der Waals surface area contributed by atoms with Crippen molar-refractivity contribution in [2.24, 2.45) is 0 Å². The molecular weight excluding hydrogens is 237 g/mol. The van der Waals surface area contributed by atoms with E-state index in [1.54, 1.807) is 0 Å². The SMILES string of the molecule is CC1(NC(=S)[S-])CCS(=O)(=O)C1.[Na+]. The van der Waals surface area contributed by atoms with Crippen molar-refractivity contribution in [2.45, 2.75) is 18.9 Å². The van der Waals surface area contributed by atoms with Gasteiger partial charge in [0.2, 0.25) is 0 Å². The average molecular weight is 247 g/mol. The molecule has 0 aromatic carbocycles. The molecule has 1 saturated heterocycles. The Morgan fingerprint density at radius 3 is 2.46 bits per heavy atom. The molecule has 1 aliphatic heterocycles. The molecule has 1 heterocycles. The Kier molecular flexibility index (Phi) is 5.11. The summed E-state index contributed by atoms with van der Waals surface area (Å²) < 4.78 is 22.5. The van der Waals surface area contributed by atoms with E-state index in [-0.39, 0.29) is 45.4 Å². The van der Waals surface area contributed by atoms with Crippen LogP contribution in [0.3, 0.4) is 0 Å². The molecule has 0 radical (unpaired) electrons. The van der Waals surface area contributed by atoms with Crippen molar-refractivity contribution in [2.75, 3.05) is 11.5 Å². The maximum Gasteiger partial charge on any atom is 1.00 e. The van der Waals surface area contributed by atoms with Gasteiger partial charge in [0.1, 0.15) is 0 Å². The first kappa shape index (κ1) is 14.1. The van der Waals surface area contributed by atoms with Crippen molar-refractivity contribution in [1.82, 2.24) is 5.32 Å². The second-order valence-electron chi connectivity index (χ2n) is 3.32. The van der Waals surface area contributed by atoms with E-state index < -0.39 is 15.4 Å². The first-order valence-electron chi connectivity index (χ1n) is 3.53. The van der Waals surface area contributed by atoms with Crippen molar-refractivity contribution < 1.29 is 38.0 Å². The summed E-state index contributed by atoms with van der Waals surface area (Å²) in [5, 5.41) is 2.84. The number of rotatable bonds is 1. The van der Waals surface area contributed by atoms with E-state index in [2.05, 4.69) is 30.2 Å². The van der Waals surface area contributed by atoms with Gasteiger partial charge in [-0.25, -0.2) is 8.42 Å². The maximum absolute atomic E-state index is 11.1. The second-order valence-corrected chi connectivity index (χ2v) is 6.57. The van der Waals surface area contributed by atoms with Gasteiger partial charge in [-0.1, -0.05) is 4.32 Å². The molecule has 1 rings (SSSR count). The molecular formula is C6H10NNaO2S3. The van der Waals surface area contributed by atoms with Crippen LogP contribution in [0.4, 0.5) is 0 Å². The van der Waals surface area contributed by atoms with Crippen LogP contribution in [0.2, 0.25) is 0 Å². The zero-order chi connectivity index (χ0) is 9.41. The Bertz CT molecular complexity index is 303. The van der Waals surface area contributed by atoms with Crippen LogP contribution in [-0.4, -0.2) is 29.8 Å². The minimum Gasteiger partial charge on any atom is -0.412 e. The third-order valence-electron chi connectivity index (χ3n) is 1.91. The van der Waals surface area contributed by atoms with Gasteiger partial charge in [-0.3, -0.25) is 0 Å². The fourth-order valence-corrected chi connectivity index (χ4v) is 3.94. The summed E-state index contributed by atoms with van der Waals surface area (Å²) in [4.78, 5) is 0. The summed E-state index contributed by atoms with van der Waals surface area (Å²) in [5.41, 5.74) is -0.433. The van der Waals surface area contributed by atoms with Crippen LogP contribution in [-0.2, 0) is 22.5 Å². The van der Waals surface area contributed by atoms with Gasteiger partial charge in [0, 0.05) is 5.54 Å². The summed E-state index contributed by atoms with van der Waals surface area (Å²) in [7, 11) is -2.87. The third kappa shape index (κ3) is 4.40. The van der Waals surface area contributed by atoms with E-state index >= 15 is 0 Å². The van der Waals surface area contributed by atoms with Crippen LogP contribution in [0.15, 0.2) is 0 Å². The molecule has 0 aromatic rings. The minimum absolute atomic E-state index is 0. The smallest absolute Gasteiger partial charge is 0.412 e. The van der Waals surface area contributed by atoms with Crippen molar-refractivity contribution in [1.29, 1.82) is 0 Å². The van der Waals surface area contributed by atoms with Crippen LogP contribution in [0, 0.1) is 0 Å². The molecule has 0 bridgehead atoms. The topological polar surface area (TPSA) is 46.2 Å². The van der Waals surface area contributed by atoms with Gasteiger partial charge >= 0.3 is 29.6 Å². The number of hydrogen-bond acceptors (Lipinski definition) is 4. The molecule has 0 amide bonds. The standard InChI is InChI=1S/C6H11NO2S3.Na/c1-6(7-5(10)11)2-3-12(8,9)4-6;/h2-4H2,1H3,(H2,7,10,11);/q;+1/p-1. The molecule has 0 saturated carbocycles. The zero-order valence-electron chi connectivity index (χ0n) is 7.66. The van der Waals surface area contributed by atoms with Crippen LogP contribution in [0.1, 0.15) is 13.3 Å². The molecule has 0 aromatic heterocycles. The van der Waals surface area contributed by atoms with E-state index in [9.17, 15) is 8.42 Å². The van der Waals surface area contributed by atoms with Gasteiger partial charge in [-0.05, 0) is 13.3 Å². The first-order chi connectivity index (χ1) is 5.33.